The monoisotopic (exact) mass is 262 g/mol. The second-order valence-corrected chi connectivity index (χ2v) is 5.14. The van der Waals surface area contributed by atoms with E-state index < -0.39 is 0 Å². The van der Waals surface area contributed by atoms with Crippen molar-refractivity contribution in [3.05, 3.63) is 29.3 Å². The van der Waals surface area contributed by atoms with E-state index in [-0.39, 0.29) is 12.0 Å². The number of hydrogen-bond acceptors (Lipinski definition) is 3. The number of carbonyl (C=O) groups is 1. The van der Waals surface area contributed by atoms with Crippen LogP contribution in [0.2, 0.25) is 0 Å². The highest BCUT2D eigenvalue weighted by Gasteiger charge is 2.21. The highest BCUT2D eigenvalue weighted by atomic mass is 16.5. The average Bonchev–Trinajstić information content (AvgIpc) is 2.82. The highest BCUT2D eigenvalue weighted by Crippen LogP contribution is 2.21. The summed E-state index contributed by atoms with van der Waals surface area (Å²) in [5.74, 6) is -0.0613. The van der Waals surface area contributed by atoms with Crippen LogP contribution in [0.5, 0.6) is 0 Å². The molecule has 1 fully saturated rings. The first-order valence-corrected chi connectivity index (χ1v) is 6.82. The summed E-state index contributed by atoms with van der Waals surface area (Å²) in [6.45, 7) is 4.94. The molecule has 1 amide bonds. The summed E-state index contributed by atoms with van der Waals surface area (Å²) < 4.78 is 5.78. The number of rotatable bonds is 4. The van der Waals surface area contributed by atoms with Gasteiger partial charge in [0, 0.05) is 24.8 Å². The lowest BCUT2D eigenvalue weighted by molar-refractivity contribution is 0.0637. The van der Waals surface area contributed by atoms with Crippen molar-refractivity contribution in [2.45, 2.75) is 38.9 Å². The molecular formula is C15H22N2O2. The van der Waals surface area contributed by atoms with E-state index in [0.717, 1.165) is 30.6 Å². The van der Waals surface area contributed by atoms with Crippen molar-refractivity contribution < 1.29 is 9.53 Å². The first kappa shape index (κ1) is 13.9. The molecule has 19 heavy (non-hydrogen) atoms. The normalized spacial score (nSPS) is 22.3. The molecule has 0 radical (unpaired) electrons. The molecule has 1 aromatic rings. The van der Waals surface area contributed by atoms with Gasteiger partial charge in [-0.2, -0.15) is 0 Å². The molecule has 0 spiro atoms. The zero-order valence-electron chi connectivity index (χ0n) is 11.8. The van der Waals surface area contributed by atoms with Crippen LogP contribution in [0.1, 0.15) is 35.7 Å². The Bertz CT molecular complexity index is 459. The molecule has 0 saturated carbocycles. The van der Waals surface area contributed by atoms with Gasteiger partial charge in [-0.3, -0.25) is 4.79 Å². The third kappa shape index (κ3) is 3.47. The standard InChI is InChI=1S/C15H22N2O2/c1-10-4-6-12(15(18)16-3)8-14(10)17-9-13-7-5-11(2)19-13/h4,6,8,11,13,17H,5,7,9H2,1-3H3,(H,16,18). The lowest BCUT2D eigenvalue weighted by Crippen LogP contribution is -2.21. The zero-order valence-corrected chi connectivity index (χ0v) is 11.8. The summed E-state index contributed by atoms with van der Waals surface area (Å²) in [5.41, 5.74) is 2.82. The summed E-state index contributed by atoms with van der Waals surface area (Å²) in [6, 6.07) is 5.70. The van der Waals surface area contributed by atoms with Crippen LogP contribution in [0.15, 0.2) is 18.2 Å². The molecule has 4 heteroatoms. The molecule has 4 nitrogen and oxygen atoms in total. The fraction of sp³-hybridized carbons (Fsp3) is 0.533. The van der Waals surface area contributed by atoms with Gasteiger partial charge in [0.1, 0.15) is 0 Å². The van der Waals surface area contributed by atoms with Gasteiger partial charge < -0.3 is 15.4 Å². The van der Waals surface area contributed by atoms with E-state index in [4.69, 9.17) is 4.74 Å². The topological polar surface area (TPSA) is 50.4 Å². The molecule has 1 saturated heterocycles. The van der Waals surface area contributed by atoms with Crippen LogP contribution >= 0.6 is 0 Å². The quantitative estimate of drug-likeness (QED) is 0.875. The van der Waals surface area contributed by atoms with Gasteiger partial charge in [0.2, 0.25) is 0 Å². The minimum absolute atomic E-state index is 0.0613. The number of carbonyl (C=O) groups excluding carboxylic acids is 1. The predicted molar refractivity (Wildman–Crippen MR) is 76.6 cm³/mol. The third-order valence-corrected chi connectivity index (χ3v) is 3.57. The number of nitrogens with one attached hydrogen (secondary N) is 2. The predicted octanol–water partition coefficient (Wildman–Crippen LogP) is 2.33. The van der Waals surface area contributed by atoms with Crippen LogP contribution in [0.4, 0.5) is 5.69 Å². The van der Waals surface area contributed by atoms with Crippen LogP contribution in [0, 0.1) is 6.92 Å². The van der Waals surface area contributed by atoms with Crippen molar-refractivity contribution >= 4 is 11.6 Å². The van der Waals surface area contributed by atoms with Gasteiger partial charge in [0.25, 0.3) is 5.91 Å². The number of benzene rings is 1. The van der Waals surface area contributed by atoms with Crippen LogP contribution < -0.4 is 10.6 Å². The number of aryl methyl sites for hydroxylation is 1. The first-order chi connectivity index (χ1) is 9.10. The van der Waals surface area contributed by atoms with Crippen LogP contribution in [-0.4, -0.2) is 31.7 Å². The van der Waals surface area contributed by atoms with Gasteiger partial charge in [-0.1, -0.05) is 6.07 Å². The summed E-state index contributed by atoms with van der Waals surface area (Å²) in [5, 5.41) is 6.03. The van der Waals surface area contributed by atoms with E-state index in [1.807, 2.05) is 25.1 Å². The Labute approximate surface area is 114 Å². The molecular weight excluding hydrogens is 240 g/mol. The number of ether oxygens (including phenoxy) is 1. The summed E-state index contributed by atoms with van der Waals surface area (Å²) in [6.07, 6.45) is 2.87. The van der Waals surface area contributed by atoms with Crippen LogP contribution in [-0.2, 0) is 4.74 Å². The number of hydrogen-bond donors (Lipinski definition) is 2. The minimum atomic E-state index is -0.0613. The van der Waals surface area contributed by atoms with Crippen molar-refractivity contribution in [1.29, 1.82) is 0 Å². The lowest BCUT2D eigenvalue weighted by atomic mass is 10.1. The van der Waals surface area contributed by atoms with E-state index in [1.165, 1.54) is 0 Å². The van der Waals surface area contributed by atoms with Crippen molar-refractivity contribution in [2.24, 2.45) is 0 Å². The molecule has 0 aromatic heterocycles. The average molecular weight is 262 g/mol. The van der Waals surface area contributed by atoms with E-state index in [0.29, 0.717) is 11.7 Å². The van der Waals surface area contributed by atoms with Gasteiger partial charge in [0.15, 0.2) is 0 Å². The Morgan fingerprint density at radius 3 is 2.84 bits per heavy atom. The molecule has 0 bridgehead atoms. The Kier molecular flexibility index (Phi) is 4.43. The summed E-state index contributed by atoms with van der Waals surface area (Å²) in [4.78, 5) is 11.6. The molecule has 2 N–H and O–H groups in total. The van der Waals surface area contributed by atoms with Gasteiger partial charge in [-0.15, -0.1) is 0 Å². The van der Waals surface area contributed by atoms with Crippen molar-refractivity contribution in [3.8, 4) is 0 Å². The fourth-order valence-corrected chi connectivity index (χ4v) is 2.36. The maximum Gasteiger partial charge on any atom is 0.251 e. The number of anilines is 1. The van der Waals surface area contributed by atoms with Crippen LogP contribution in [0.3, 0.4) is 0 Å². The van der Waals surface area contributed by atoms with E-state index in [1.54, 1.807) is 7.05 Å². The summed E-state index contributed by atoms with van der Waals surface area (Å²) >= 11 is 0. The molecule has 1 aromatic carbocycles. The molecule has 1 aliphatic heterocycles. The first-order valence-electron chi connectivity index (χ1n) is 6.82. The second-order valence-electron chi connectivity index (χ2n) is 5.14. The largest absolute Gasteiger partial charge is 0.382 e. The van der Waals surface area contributed by atoms with E-state index >= 15 is 0 Å². The molecule has 2 atom stereocenters. The molecule has 104 valence electrons. The SMILES string of the molecule is CNC(=O)c1ccc(C)c(NCC2CCC(C)O2)c1. The Balaban J connectivity index is 2.00. The van der Waals surface area contributed by atoms with Crippen molar-refractivity contribution in [2.75, 3.05) is 18.9 Å². The van der Waals surface area contributed by atoms with Gasteiger partial charge >= 0.3 is 0 Å². The van der Waals surface area contributed by atoms with Gasteiger partial charge in [-0.25, -0.2) is 0 Å². The molecule has 1 aliphatic rings. The zero-order chi connectivity index (χ0) is 13.8. The van der Waals surface area contributed by atoms with Crippen LogP contribution in [0.25, 0.3) is 0 Å². The Morgan fingerprint density at radius 2 is 2.21 bits per heavy atom. The van der Waals surface area contributed by atoms with Crippen molar-refractivity contribution in [3.63, 3.8) is 0 Å². The molecule has 2 rings (SSSR count). The molecule has 0 aliphatic carbocycles. The molecule has 1 heterocycles. The van der Waals surface area contributed by atoms with E-state index in [2.05, 4.69) is 17.6 Å². The van der Waals surface area contributed by atoms with Gasteiger partial charge in [0.05, 0.1) is 12.2 Å². The maximum atomic E-state index is 11.6. The third-order valence-electron chi connectivity index (χ3n) is 3.57. The van der Waals surface area contributed by atoms with E-state index in [9.17, 15) is 4.79 Å². The second kappa shape index (κ2) is 6.06. The lowest BCUT2D eigenvalue weighted by Gasteiger charge is -2.15. The Hall–Kier alpha value is -1.55. The minimum Gasteiger partial charge on any atom is -0.382 e. The smallest absolute Gasteiger partial charge is 0.251 e. The van der Waals surface area contributed by atoms with Gasteiger partial charge in [-0.05, 0) is 44.4 Å². The maximum absolute atomic E-state index is 11.6. The molecule has 2 unspecified atom stereocenters. The van der Waals surface area contributed by atoms with Crippen molar-refractivity contribution in [1.82, 2.24) is 5.32 Å². The summed E-state index contributed by atoms with van der Waals surface area (Å²) in [7, 11) is 1.64. The highest BCUT2D eigenvalue weighted by molar-refractivity contribution is 5.95. The Morgan fingerprint density at radius 1 is 1.42 bits per heavy atom. The number of amides is 1. The fourth-order valence-electron chi connectivity index (χ4n) is 2.36.